The average Bonchev–Trinajstić information content (AvgIpc) is 3.16. The predicted molar refractivity (Wildman–Crippen MR) is 114 cm³/mol. The Kier molecular flexibility index (Phi) is 6.15. The Morgan fingerprint density at radius 3 is 2.57 bits per heavy atom. The molecule has 5 nitrogen and oxygen atoms in total. The van der Waals surface area contributed by atoms with Crippen LogP contribution in [0.1, 0.15) is 36.9 Å². The van der Waals surface area contributed by atoms with Crippen LogP contribution in [-0.2, 0) is 6.61 Å². The highest BCUT2D eigenvalue weighted by Crippen LogP contribution is 2.38. The Morgan fingerprint density at radius 2 is 1.90 bits per heavy atom. The van der Waals surface area contributed by atoms with Crippen LogP contribution in [0.3, 0.4) is 0 Å². The van der Waals surface area contributed by atoms with Crippen molar-refractivity contribution >= 4 is 28.8 Å². The number of nitrogens with zero attached hydrogens (tertiary/aromatic N) is 3. The lowest BCUT2D eigenvalue weighted by molar-refractivity contribution is -0.0361. The van der Waals surface area contributed by atoms with Crippen LogP contribution in [0.15, 0.2) is 35.7 Å². The molecule has 1 saturated carbocycles. The lowest BCUT2D eigenvalue weighted by Gasteiger charge is -2.29. The van der Waals surface area contributed by atoms with Crippen molar-refractivity contribution in [1.82, 2.24) is 15.0 Å². The summed E-state index contributed by atoms with van der Waals surface area (Å²) in [6.45, 7) is 2.18. The van der Waals surface area contributed by atoms with Gasteiger partial charge in [-0.05, 0) is 25.3 Å². The van der Waals surface area contributed by atoms with Gasteiger partial charge in [-0.3, -0.25) is 0 Å². The van der Waals surface area contributed by atoms with Crippen molar-refractivity contribution in [3.63, 3.8) is 0 Å². The molecule has 1 aliphatic rings. The summed E-state index contributed by atoms with van der Waals surface area (Å²) in [5.41, 5.74) is 1.83. The van der Waals surface area contributed by atoms with E-state index < -0.39 is 5.92 Å². The molecule has 158 valence electrons. The summed E-state index contributed by atoms with van der Waals surface area (Å²) >= 11 is 7.88. The van der Waals surface area contributed by atoms with Gasteiger partial charge in [0.2, 0.25) is 5.92 Å². The molecular weight excluding hydrogens is 430 g/mol. The maximum atomic E-state index is 13.6. The fraction of sp³-hybridized carbons (Fsp3) is 0.381. The van der Waals surface area contributed by atoms with E-state index in [4.69, 9.17) is 16.3 Å². The number of halogens is 3. The number of ether oxygens (including phenoxy) is 1. The molecule has 2 aromatic heterocycles. The molecule has 1 aliphatic carbocycles. The SMILES string of the molecule is Cc1csc(-c2nc(Cl)c(OCc3ccccc3)c(NC3CCC(F)(F)CC3)n2)n1. The van der Waals surface area contributed by atoms with Crippen LogP contribution in [-0.4, -0.2) is 26.9 Å². The Morgan fingerprint density at radius 1 is 1.17 bits per heavy atom. The molecule has 0 spiro atoms. The first kappa shape index (κ1) is 20.9. The third-order valence-electron chi connectivity index (χ3n) is 4.92. The zero-order valence-electron chi connectivity index (χ0n) is 16.4. The summed E-state index contributed by atoms with van der Waals surface area (Å²) in [7, 11) is 0. The van der Waals surface area contributed by atoms with Crippen molar-refractivity contribution in [3.8, 4) is 16.6 Å². The number of anilines is 1. The minimum atomic E-state index is -2.60. The molecule has 0 saturated heterocycles. The van der Waals surface area contributed by atoms with E-state index in [1.54, 1.807) is 0 Å². The highest BCUT2D eigenvalue weighted by Gasteiger charge is 2.35. The van der Waals surface area contributed by atoms with Crippen LogP contribution in [0.25, 0.3) is 10.8 Å². The van der Waals surface area contributed by atoms with Gasteiger partial charge < -0.3 is 10.1 Å². The van der Waals surface area contributed by atoms with Crippen molar-refractivity contribution in [1.29, 1.82) is 0 Å². The molecule has 0 aliphatic heterocycles. The normalized spacial score (nSPS) is 16.4. The molecule has 0 amide bonds. The minimum Gasteiger partial charge on any atom is -0.482 e. The van der Waals surface area contributed by atoms with E-state index in [9.17, 15) is 8.78 Å². The number of nitrogens with one attached hydrogen (secondary N) is 1. The molecule has 0 unspecified atom stereocenters. The Balaban J connectivity index is 1.61. The number of hydrogen-bond acceptors (Lipinski definition) is 6. The molecule has 4 rings (SSSR count). The molecular formula is C21H21ClF2N4OS. The second-order valence-corrected chi connectivity index (χ2v) is 8.57. The summed E-state index contributed by atoms with van der Waals surface area (Å²) < 4.78 is 33.0. The van der Waals surface area contributed by atoms with Crippen LogP contribution < -0.4 is 10.1 Å². The molecule has 9 heteroatoms. The van der Waals surface area contributed by atoms with Crippen molar-refractivity contribution in [2.75, 3.05) is 5.32 Å². The number of hydrogen-bond donors (Lipinski definition) is 1. The second kappa shape index (κ2) is 8.81. The summed E-state index contributed by atoms with van der Waals surface area (Å²) in [4.78, 5) is 13.4. The van der Waals surface area contributed by atoms with E-state index in [-0.39, 0.29) is 30.6 Å². The van der Waals surface area contributed by atoms with Crippen LogP contribution in [0, 0.1) is 6.92 Å². The summed E-state index contributed by atoms with van der Waals surface area (Å²) in [5, 5.41) is 5.97. The third-order valence-corrected chi connectivity index (χ3v) is 6.13. The van der Waals surface area contributed by atoms with E-state index in [1.165, 1.54) is 11.3 Å². The van der Waals surface area contributed by atoms with Crippen LogP contribution in [0.4, 0.5) is 14.6 Å². The van der Waals surface area contributed by atoms with E-state index in [0.29, 0.717) is 35.2 Å². The highest BCUT2D eigenvalue weighted by molar-refractivity contribution is 7.13. The molecule has 0 radical (unpaired) electrons. The van der Waals surface area contributed by atoms with Gasteiger partial charge in [-0.15, -0.1) is 11.3 Å². The summed E-state index contributed by atoms with van der Waals surface area (Å²) in [6.07, 6.45) is 0.390. The third kappa shape index (κ3) is 5.05. The molecule has 30 heavy (non-hydrogen) atoms. The molecule has 1 N–H and O–H groups in total. The molecule has 1 aromatic carbocycles. The van der Waals surface area contributed by atoms with Crippen molar-refractivity contribution in [2.45, 2.75) is 51.2 Å². The number of thiazole rings is 1. The van der Waals surface area contributed by atoms with Crippen molar-refractivity contribution in [3.05, 3.63) is 52.1 Å². The predicted octanol–water partition coefficient (Wildman–Crippen LogP) is 6.13. The summed E-state index contributed by atoms with van der Waals surface area (Å²) in [5.74, 6) is -1.50. The van der Waals surface area contributed by atoms with Gasteiger partial charge in [0, 0.05) is 30.0 Å². The molecule has 2 heterocycles. The number of aryl methyl sites for hydroxylation is 1. The van der Waals surface area contributed by atoms with Gasteiger partial charge in [-0.25, -0.2) is 23.7 Å². The number of aromatic nitrogens is 3. The van der Waals surface area contributed by atoms with Crippen molar-refractivity contribution in [2.24, 2.45) is 0 Å². The Bertz CT molecular complexity index is 1010. The molecule has 0 atom stereocenters. The van der Waals surface area contributed by atoms with Crippen LogP contribution in [0.5, 0.6) is 5.75 Å². The monoisotopic (exact) mass is 450 g/mol. The van der Waals surface area contributed by atoms with Crippen LogP contribution in [0.2, 0.25) is 5.15 Å². The van der Waals surface area contributed by atoms with Gasteiger partial charge in [-0.2, -0.15) is 0 Å². The minimum absolute atomic E-state index is 0.138. The maximum absolute atomic E-state index is 13.6. The summed E-state index contributed by atoms with van der Waals surface area (Å²) in [6, 6.07) is 9.52. The van der Waals surface area contributed by atoms with Gasteiger partial charge in [-0.1, -0.05) is 41.9 Å². The van der Waals surface area contributed by atoms with E-state index >= 15 is 0 Å². The zero-order valence-corrected chi connectivity index (χ0v) is 17.9. The first-order chi connectivity index (χ1) is 14.4. The first-order valence-corrected chi connectivity index (χ1v) is 11.0. The lowest BCUT2D eigenvalue weighted by atomic mass is 9.92. The maximum Gasteiger partial charge on any atom is 0.248 e. The molecule has 3 aromatic rings. The van der Waals surface area contributed by atoms with E-state index in [1.807, 2.05) is 42.6 Å². The van der Waals surface area contributed by atoms with E-state index in [0.717, 1.165) is 11.3 Å². The highest BCUT2D eigenvalue weighted by atomic mass is 35.5. The van der Waals surface area contributed by atoms with E-state index in [2.05, 4.69) is 20.3 Å². The zero-order chi connectivity index (χ0) is 21.1. The Labute approximate surface area is 182 Å². The molecule has 0 bridgehead atoms. The van der Waals surface area contributed by atoms with Gasteiger partial charge in [0.15, 0.2) is 27.6 Å². The standard InChI is InChI=1S/C21H21ClF2N4OS/c1-13-12-30-20(25-13)19-27-17(22)16(29-11-14-5-3-2-4-6-14)18(28-19)26-15-7-9-21(23,24)10-8-15/h2-6,12,15H,7-11H2,1H3,(H,26,27,28). The van der Waals surface area contributed by atoms with Gasteiger partial charge in [0.1, 0.15) is 6.61 Å². The number of alkyl halides is 2. The quantitative estimate of drug-likeness (QED) is 0.457. The first-order valence-electron chi connectivity index (χ1n) is 9.71. The van der Waals surface area contributed by atoms with Crippen LogP contribution >= 0.6 is 22.9 Å². The van der Waals surface area contributed by atoms with Gasteiger partial charge in [0.05, 0.1) is 0 Å². The fourth-order valence-corrected chi connectivity index (χ4v) is 4.26. The topological polar surface area (TPSA) is 59.9 Å². The fourth-order valence-electron chi connectivity index (χ4n) is 3.31. The second-order valence-electron chi connectivity index (χ2n) is 7.36. The molecule has 1 fully saturated rings. The smallest absolute Gasteiger partial charge is 0.248 e. The number of benzene rings is 1. The Hall–Kier alpha value is -2.32. The van der Waals surface area contributed by atoms with Gasteiger partial charge in [0.25, 0.3) is 0 Å². The average molecular weight is 451 g/mol. The van der Waals surface area contributed by atoms with Crippen molar-refractivity contribution < 1.29 is 13.5 Å². The van der Waals surface area contributed by atoms with Gasteiger partial charge >= 0.3 is 0 Å². The largest absolute Gasteiger partial charge is 0.482 e. The number of rotatable bonds is 6. The lowest BCUT2D eigenvalue weighted by Crippen LogP contribution is -2.32.